The fourth-order valence-corrected chi connectivity index (χ4v) is 2.48. The van der Waals surface area contributed by atoms with Crippen LogP contribution in [-0.2, 0) is 14.4 Å². The average molecular weight is 283 g/mol. The van der Waals surface area contributed by atoms with E-state index in [4.69, 9.17) is 4.74 Å². The molecule has 0 aromatic heterocycles. The van der Waals surface area contributed by atoms with Crippen LogP contribution in [0.25, 0.3) is 0 Å². The third-order valence-electron chi connectivity index (χ3n) is 3.14. The fourth-order valence-electron chi connectivity index (χ4n) is 2.25. The van der Waals surface area contributed by atoms with Crippen LogP contribution in [-0.4, -0.2) is 27.5 Å². The SMILES string of the molecule is COc1ccc(C2CCC/C2=N\OS(C)(=O)=O)cc1. The maximum absolute atomic E-state index is 11.0. The molecule has 1 aromatic rings. The lowest BCUT2D eigenvalue weighted by atomic mass is 9.96. The molecule has 1 aromatic carbocycles. The van der Waals surface area contributed by atoms with Gasteiger partial charge in [0.2, 0.25) is 0 Å². The molecule has 0 aliphatic heterocycles. The van der Waals surface area contributed by atoms with Gasteiger partial charge in [-0.2, -0.15) is 8.42 Å². The van der Waals surface area contributed by atoms with Gasteiger partial charge in [0.25, 0.3) is 0 Å². The van der Waals surface area contributed by atoms with E-state index >= 15 is 0 Å². The highest BCUT2D eigenvalue weighted by Gasteiger charge is 2.25. The summed E-state index contributed by atoms with van der Waals surface area (Å²) in [6.07, 6.45) is 3.71. The predicted molar refractivity (Wildman–Crippen MR) is 72.9 cm³/mol. The number of hydrogen-bond acceptors (Lipinski definition) is 5. The van der Waals surface area contributed by atoms with Crippen LogP contribution in [0.1, 0.15) is 30.7 Å². The van der Waals surface area contributed by atoms with Gasteiger partial charge < -0.3 is 4.74 Å². The Balaban J connectivity index is 2.18. The van der Waals surface area contributed by atoms with Crippen LogP contribution >= 0.6 is 0 Å². The molecule has 1 aliphatic rings. The summed E-state index contributed by atoms with van der Waals surface area (Å²) in [5, 5.41) is 3.79. The number of hydrogen-bond donors (Lipinski definition) is 0. The maximum Gasteiger partial charge on any atom is 0.325 e. The molecule has 104 valence electrons. The van der Waals surface area contributed by atoms with Crippen LogP contribution < -0.4 is 4.74 Å². The molecule has 19 heavy (non-hydrogen) atoms. The van der Waals surface area contributed by atoms with E-state index in [0.29, 0.717) is 0 Å². The summed E-state index contributed by atoms with van der Waals surface area (Å²) in [6, 6.07) is 7.74. The van der Waals surface area contributed by atoms with Gasteiger partial charge in [0.1, 0.15) is 5.75 Å². The van der Waals surface area contributed by atoms with Gasteiger partial charge >= 0.3 is 10.1 Å². The van der Waals surface area contributed by atoms with Crippen LogP contribution in [0, 0.1) is 0 Å². The molecule has 5 nitrogen and oxygen atoms in total. The number of benzene rings is 1. The number of rotatable bonds is 4. The summed E-state index contributed by atoms with van der Waals surface area (Å²) in [7, 11) is -1.91. The molecule has 0 amide bonds. The maximum atomic E-state index is 11.0. The molecule has 1 aliphatic carbocycles. The zero-order valence-corrected chi connectivity index (χ0v) is 11.8. The van der Waals surface area contributed by atoms with Crippen LogP contribution in [0.2, 0.25) is 0 Å². The Kier molecular flexibility index (Phi) is 4.09. The van der Waals surface area contributed by atoms with Crippen molar-refractivity contribution in [2.24, 2.45) is 5.16 Å². The van der Waals surface area contributed by atoms with E-state index in [0.717, 1.165) is 42.5 Å². The quantitative estimate of drug-likeness (QED) is 0.795. The second kappa shape index (κ2) is 5.61. The van der Waals surface area contributed by atoms with Gasteiger partial charge in [0.05, 0.1) is 19.1 Å². The summed E-state index contributed by atoms with van der Waals surface area (Å²) in [4.78, 5) is 0. The van der Waals surface area contributed by atoms with Crippen molar-refractivity contribution in [3.63, 3.8) is 0 Å². The highest BCUT2D eigenvalue weighted by molar-refractivity contribution is 7.85. The van der Waals surface area contributed by atoms with E-state index in [9.17, 15) is 8.42 Å². The number of ether oxygens (including phenoxy) is 1. The highest BCUT2D eigenvalue weighted by atomic mass is 32.2. The molecule has 1 unspecified atom stereocenters. The number of oxime groups is 1. The fraction of sp³-hybridized carbons (Fsp3) is 0.462. The molecule has 0 spiro atoms. The van der Waals surface area contributed by atoms with Crippen molar-refractivity contribution in [3.05, 3.63) is 29.8 Å². The third-order valence-corrected chi connectivity index (χ3v) is 3.48. The van der Waals surface area contributed by atoms with Gasteiger partial charge in [-0.15, -0.1) is 0 Å². The lowest BCUT2D eigenvalue weighted by Crippen LogP contribution is -2.08. The summed E-state index contributed by atoms with van der Waals surface area (Å²) >= 11 is 0. The normalized spacial score (nSPS) is 21.6. The van der Waals surface area contributed by atoms with E-state index in [1.54, 1.807) is 7.11 Å². The van der Waals surface area contributed by atoms with Crippen LogP contribution in [0.15, 0.2) is 29.4 Å². The monoisotopic (exact) mass is 283 g/mol. The van der Waals surface area contributed by atoms with Crippen LogP contribution in [0.3, 0.4) is 0 Å². The Labute approximate surface area is 113 Å². The van der Waals surface area contributed by atoms with Gasteiger partial charge in [-0.25, -0.2) is 0 Å². The van der Waals surface area contributed by atoms with Gasteiger partial charge in [-0.05, 0) is 37.0 Å². The summed E-state index contributed by atoms with van der Waals surface area (Å²) in [5.41, 5.74) is 1.89. The smallest absolute Gasteiger partial charge is 0.325 e. The van der Waals surface area contributed by atoms with Crippen LogP contribution in [0.4, 0.5) is 0 Å². The van der Waals surface area contributed by atoms with Crippen molar-refractivity contribution >= 4 is 15.8 Å². The van der Waals surface area contributed by atoms with E-state index in [1.807, 2.05) is 24.3 Å². The lowest BCUT2D eigenvalue weighted by Gasteiger charge is -2.11. The average Bonchev–Trinajstić information content (AvgIpc) is 2.84. The Morgan fingerprint density at radius 1 is 1.26 bits per heavy atom. The van der Waals surface area contributed by atoms with Gasteiger partial charge in [-0.1, -0.05) is 17.3 Å². The van der Waals surface area contributed by atoms with Crippen molar-refractivity contribution in [1.82, 2.24) is 0 Å². The van der Waals surface area contributed by atoms with Crippen molar-refractivity contribution in [2.45, 2.75) is 25.2 Å². The molecule has 1 fully saturated rings. The zero-order chi connectivity index (χ0) is 13.9. The molecular weight excluding hydrogens is 266 g/mol. The van der Waals surface area contributed by atoms with Gasteiger partial charge in [0.15, 0.2) is 0 Å². The van der Waals surface area contributed by atoms with Crippen molar-refractivity contribution in [3.8, 4) is 5.75 Å². The standard InChI is InChI=1S/C13H17NO4S/c1-17-11-8-6-10(7-9-11)12-4-3-5-13(12)14-18-19(2,15)16/h6-9,12H,3-5H2,1-2H3/b14-13+. The summed E-state index contributed by atoms with van der Waals surface area (Å²) in [6.45, 7) is 0. The molecule has 2 rings (SSSR count). The van der Waals surface area contributed by atoms with Crippen molar-refractivity contribution in [2.75, 3.05) is 13.4 Å². The van der Waals surface area contributed by atoms with E-state index in [1.165, 1.54) is 0 Å². The molecule has 0 heterocycles. The second-order valence-corrected chi connectivity index (χ2v) is 6.14. The largest absolute Gasteiger partial charge is 0.497 e. The minimum Gasteiger partial charge on any atom is -0.497 e. The van der Waals surface area contributed by atoms with E-state index in [-0.39, 0.29) is 5.92 Å². The molecule has 6 heteroatoms. The van der Waals surface area contributed by atoms with E-state index < -0.39 is 10.1 Å². The van der Waals surface area contributed by atoms with Gasteiger partial charge in [-0.3, -0.25) is 4.28 Å². The third kappa shape index (κ3) is 3.70. The minimum absolute atomic E-state index is 0.132. The second-order valence-electron chi connectivity index (χ2n) is 4.58. The topological polar surface area (TPSA) is 65.0 Å². The number of methoxy groups -OCH3 is 1. The van der Waals surface area contributed by atoms with Gasteiger partial charge in [0, 0.05) is 5.92 Å². The first-order chi connectivity index (χ1) is 8.99. The molecule has 0 radical (unpaired) electrons. The molecule has 1 atom stereocenters. The first-order valence-electron chi connectivity index (χ1n) is 6.09. The van der Waals surface area contributed by atoms with Crippen molar-refractivity contribution < 1.29 is 17.4 Å². The van der Waals surface area contributed by atoms with Crippen LogP contribution in [0.5, 0.6) is 5.75 Å². The first kappa shape index (κ1) is 13.9. The first-order valence-corrected chi connectivity index (χ1v) is 7.90. The van der Waals surface area contributed by atoms with E-state index in [2.05, 4.69) is 9.44 Å². The molecule has 0 saturated heterocycles. The number of nitrogens with zero attached hydrogens (tertiary/aromatic N) is 1. The summed E-state index contributed by atoms with van der Waals surface area (Å²) < 4.78 is 31.6. The molecule has 1 saturated carbocycles. The Morgan fingerprint density at radius 2 is 1.95 bits per heavy atom. The molecular formula is C13H17NO4S. The highest BCUT2D eigenvalue weighted by Crippen LogP contribution is 2.33. The Bertz CT molecular complexity index is 563. The lowest BCUT2D eigenvalue weighted by molar-refractivity contribution is 0.341. The Morgan fingerprint density at radius 3 is 2.53 bits per heavy atom. The zero-order valence-electron chi connectivity index (χ0n) is 11.0. The summed E-state index contributed by atoms with van der Waals surface area (Å²) in [5.74, 6) is 0.931. The molecule has 0 N–H and O–H groups in total. The molecule has 0 bridgehead atoms. The predicted octanol–water partition coefficient (Wildman–Crippen LogP) is 2.29. The van der Waals surface area contributed by atoms with Crippen molar-refractivity contribution in [1.29, 1.82) is 0 Å². The Hall–Kier alpha value is -1.56. The minimum atomic E-state index is -3.54.